The van der Waals surface area contributed by atoms with Crippen LogP contribution in [0.15, 0.2) is 29.1 Å². The van der Waals surface area contributed by atoms with E-state index in [2.05, 4.69) is 23.0 Å². The summed E-state index contributed by atoms with van der Waals surface area (Å²) in [5, 5.41) is 1.02. The molecule has 1 N–H and O–H groups in total. The van der Waals surface area contributed by atoms with Gasteiger partial charge >= 0.3 is 0 Å². The third-order valence-corrected chi connectivity index (χ3v) is 4.58. The van der Waals surface area contributed by atoms with Crippen LogP contribution >= 0.6 is 0 Å². The molecule has 0 atom stereocenters. The lowest BCUT2D eigenvalue weighted by atomic mass is 10.0. The number of nitrogens with one attached hydrogen (secondary N) is 1. The molecule has 5 heteroatoms. The summed E-state index contributed by atoms with van der Waals surface area (Å²) in [4.78, 5) is 31.0. The minimum absolute atomic E-state index is 0.0458. The molecule has 0 unspecified atom stereocenters. The predicted molar refractivity (Wildman–Crippen MR) is 91.7 cm³/mol. The second-order valence-electron chi connectivity index (χ2n) is 6.39. The molecular weight excluding hydrogens is 290 g/mol. The molecule has 1 saturated heterocycles. The highest BCUT2D eigenvalue weighted by atomic mass is 16.2. The Balaban J connectivity index is 1.66. The second kappa shape index (κ2) is 6.54. The van der Waals surface area contributed by atoms with E-state index in [-0.39, 0.29) is 11.5 Å². The lowest BCUT2D eigenvalue weighted by Gasteiger charge is -2.32. The topological polar surface area (TPSA) is 56.4 Å². The van der Waals surface area contributed by atoms with Gasteiger partial charge in [0, 0.05) is 43.7 Å². The summed E-state index contributed by atoms with van der Waals surface area (Å²) in [6, 6.07) is 7.88. The van der Waals surface area contributed by atoms with Gasteiger partial charge in [0.15, 0.2) is 0 Å². The maximum atomic E-state index is 12.3. The summed E-state index contributed by atoms with van der Waals surface area (Å²) in [7, 11) is 2.09. The number of hydrogen-bond donors (Lipinski definition) is 1. The van der Waals surface area contributed by atoms with Gasteiger partial charge in [-0.1, -0.05) is 6.07 Å². The van der Waals surface area contributed by atoms with Crippen LogP contribution in [0, 0.1) is 6.92 Å². The minimum Gasteiger partial charge on any atom is -0.340 e. The molecular formula is C18H23N3O2. The fraction of sp³-hybridized carbons (Fsp3) is 0.444. The number of carbonyl (C=O) groups excluding carboxylic acids is 1. The van der Waals surface area contributed by atoms with E-state index in [1.54, 1.807) is 0 Å². The summed E-state index contributed by atoms with van der Waals surface area (Å²) < 4.78 is 0. The van der Waals surface area contributed by atoms with Crippen LogP contribution in [0.3, 0.4) is 0 Å². The predicted octanol–water partition coefficient (Wildman–Crippen LogP) is 1.54. The molecule has 2 heterocycles. The maximum absolute atomic E-state index is 12.3. The van der Waals surface area contributed by atoms with E-state index in [0.29, 0.717) is 12.0 Å². The summed E-state index contributed by atoms with van der Waals surface area (Å²) in [6.07, 6.45) is 1.27. The number of hydrogen-bond acceptors (Lipinski definition) is 3. The van der Waals surface area contributed by atoms with Crippen LogP contribution in [0.4, 0.5) is 0 Å². The van der Waals surface area contributed by atoms with E-state index < -0.39 is 0 Å². The fourth-order valence-corrected chi connectivity index (χ4v) is 2.99. The highest BCUT2D eigenvalue weighted by Gasteiger charge is 2.18. The monoisotopic (exact) mass is 313 g/mol. The molecule has 2 aromatic rings. The van der Waals surface area contributed by atoms with Crippen molar-refractivity contribution in [2.75, 3.05) is 33.2 Å². The average Bonchev–Trinajstić information content (AvgIpc) is 2.54. The van der Waals surface area contributed by atoms with Crippen LogP contribution in [0.2, 0.25) is 0 Å². The normalized spacial score (nSPS) is 16.0. The van der Waals surface area contributed by atoms with Crippen LogP contribution in [-0.2, 0) is 11.2 Å². The lowest BCUT2D eigenvalue weighted by Crippen LogP contribution is -2.47. The van der Waals surface area contributed by atoms with Crippen molar-refractivity contribution in [1.29, 1.82) is 0 Å². The second-order valence-corrected chi connectivity index (χ2v) is 6.39. The molecule has 0 bridgehead atoms. The Kier molecular flexibility index (Phi) is 4.48. The number of H-pyrrole nitrogens is 1. The molecule has 1 amide bonds. The van der Waals surface area contributed by atoms with Gasteiger partial charge in [0.1, 0.15) is 0 Å². The number of carbonyl (C=O) groups is 1. The van der Waals surface area contributed by atoms with Gasteiger partial charge in [-0.3, -0.25) is 9.59 Å². The molecule has 1 fully saturated rings. The van der Waals surface area contributed by atoms with Gasteiger partial charge in [0.05, 0.1) is 0 Å². The highest BCUT2D eigenvalue weighted by Crippen LogP contribution is 2.15. The molecule has 3 rings (SSSR count). The van der Waals surface area contributed by atoms with Crippen molar-refractivity contribution in [2.24, 2.45) is 0 Å². The molecule has 1 aliphatic rings. The zero-order valence-corrected chi connectivity index (χ0v) is 13.8. The Bertz CT molecular complexity index is 773. The van der Waals surface area contributed by atoms with Crippen molar-refractivity contribution in [2.45, 2.75) is 19.8 Å². The number of fused-ring (bicyclic) bond motifs is 1. The Morgan fingerprint density at radius 2 is 1.91 bits per heavy atom. The molecule has 0 saturated carbocycles. The van der Waals surface area contributed by atoms with Gasteiger partial charge in [-0.15, -0.1) is 0 Å². The quantitative estimate of drug-likeness (QED) is 0.935. The van der Waals surface area contributed by atoms with Crippen LogP contribution in [0.5, 0.6) is 0 Å². The van der Waals surface area contributed by atoms with E-state index in [4.69, 9.17) is 0 Å². The van der Waals surface area contributed by atoms with Gasteiger partial charge in [-0.05, 0) is 49.5 Å². The average molecular weight is 313 g/mol. The molecule has 0 aliphatic carbocycles. The molecule has 0 radical (unpaired) electrons. The van der Waals surface area contributed by atoms with Crippen molar-refractivity contribution < 1.29 is 4.79 Å². The smallest absolute Gasteiger partial charge is 0.251 e. The standard InChI is InChI=1S/C18H23N3O2/c1-13-11-15-12-14(3-5-16(15)19-18(13)23)4-6-17(22)21-9-7-20(2)8-10-21/h3,5,11-12H,4,6-10H2,1-2H3,(H,19,23). The fourth-order valence-electron chi connectivity index (χ4n) is 2.99. The first-order chi connectivity index (χ1) is 11.0. The largest absolute Gasteiger partial charge is 0.340 e. The molecule has 0 spiro atoms. The summed E-state index contributed by atoms with van der Waals surface area (Å²) >= 11 is 0. The number of benzene rings is 1. The van der Waals surface area contributed by atoms with Crippen molar-refractivity contribution in [3.05, 3.63) is 45.7 Å². The number of aromatic nitrogens is 1. The summed E-state index contributed by atoms with van der Waals surface area (Å²) in [5.74, 6) is 0.232. The molecule has 122 valence electrons. The van der Waals surface area contributed by atoms with E-state index in [0.717, 1.165) is 49.1 Å². The number of pyridine rings is 1. The summed E-state index contributed by atoms with van der Waals surface area (Å²) in [5.41, 5.74) is 2.64. The summed E-state index contributed by atoms with van der Waals surface area (Å²) in [6.45, 7) is 5.37. The number of aromatic amines is 1. The van der Waals surface area contributed by atoms with Crippen molar-refractivity contribution >= 4 is 16.8 Å². The SMILES string of the molecule is Cc1cc2cc(CCC(=O)N3CCN(C)CC3)ccc2[nH]c1=O. The van der Waals surface area contributed by atoms with E-state index >= 15 is 0 Å². The highest BCUT2D eigenvalue weighted by molar-refractivity contribution is 5.80. The van der Waals surface area contributed by atoms with Gasteiger partial charge in [-0.25, -0.2) is 0 Å². The Morgan fingerprint density at radius 3 is 2.65 bits per heavy atom. The number of aryl methyl sites for hydroxylation is 2. The van der Waals surface area contributed by atoms with Gasteiger partial charge < -0.3 is 14.8 Å². The van der Waals surface area contributed by atoms with E-state index in [1.807, 2.05) is 30.0 Å². The maximum Gasteiger partial charge on any atom is 0.251 e. The third kappa shape index (κ3) is 3.62. The Labute approximate surface area is 135 Å². The molecule has 1 aliphatic heterocycles. The van der Waals surface area contributed by atoms with Crippen LogP contribution in [0.1, 0.15) is 17.5 Å². The van der Waals surface area contributed by atoms with Crippen LogP contribution < -0.4 is 5.56 Å². The lowest BCUT2D eigenvalue weighted by molar-refractivity contribution is -0.132. The van der Waals surface area contributed by atoms with Gasteiger partial charge in [0.25, 0.3) is 5.56 Å². The first-order valence-corrected chi connectivity index (χ1v) is 8.12. The first kappa shape index (κ1) is 15.7. The van der Waals surface area contributed by atoms with Crippen molar-refractivity contribution in [3.63, 3.8) is 0 Å². The van der Waals surface area contributed by atoms with Crippen molar-refractivity contribution in [1.82, 2.24) is 14.8 Å². The van der Waals surface area contributed by atoms with Gasteiger partial charge in [0.2, 0.25) is 5.91 Å². The Morgan fingerprint density at radius 1 is 1.17 bits per heavy atom. The number of piperazine rings is 1. The molecule has 23 heavy (non-hydrogen) atoms. The van der Waals surface area contributed by atoms with Crippen LogP contribution in [-0.4, -0.2) is 53.9 Å². The number of likely N-dealkylation sites (N-methyl/N-ethyl adjacent to an activating group) is 1. The number of rotatable bonds is 3. The minimum atomic E-state index is -0.0458. The number of nitrogens with zero attached hydrogens (tertiary/aromatic N) is 2. The zero-order valence-electron chi connectivity index (χ0n) is 13.8. The van der Waals surface area contributed by atoms with E-state index in [1.165, 1.54) is 0 Å². The van der Waals surface area contributed by atoms with E-state index in [9.17, 15) is 9.59 Å². The molecule has 1 aromatic heterocycles. The number of amides is 1. The Hall–Kier alpha value is -2.14. The van der Waals surface area contributed by atoms with Gasteiger partial charge in [-0.2, -0.15) is 0 Å². The van der Waals surface area contributed by atoms with Crippen LogP contribution in [0.25, 0.3) is 10.9 Å². The third-order valence-electron chi connectivity index (χ3n) is 4.58. The first-order valence-electron chi connectivity index (χ1n) is 8.12. The molecule has 1 aromatic carbocycles. The zero-order chi connectivity index (χ0) is 16.4. The van der Waals surface area contributed by atoms with Crippen molar-refractivity contribution in [3.8, 4) is 0 Å². The molecule has 5 nitrogen and oxygen atoms in total.